The maximum absolute atomic E-state index is 12.4. The third-order valence-corrected chi connectivity index (χ3v) is 1.82. The second-order valence-electron chi connectivity index (χ2n) is 2.69. The molecule has 0 aliphatic heterocycles. The Bertz CT molecular complexity index is 466. The predicted molar refractivity (Wildman–Crippen MR) is 45.7 cm³/mol. The fourth-order valence-corrected chi connectivity index (χ4v) is 1.22. The molecular formula is C7H7F2N5. The number of hydrogen-bond donors (Lipinski definition) is 2. The smallest absolute Gasteiger partial charge is 0.186 e. The first kappa shape index (κ1) is 8.79. The van der Waals surface area contributed by atoms with Crippen LogP contribution >= 0.6 is 0 Å². The van der Waals surface area contributed by atoms with Gasteiger partial charge in [0, 0.05) is 0 Å². The Morgan fingerprint density at radius 3 is 2.64 bits per heavy atom. The van der Waals surface area contributed by atoms with Gasteiger partial charge in [-0.15, -0.1) is 0 Å². The van der Waals surface area contributed by atoms with E-state index in [9.17, 15) is 8.78 Å². The van der Waals surface area contributed by atoms with Crippen LogP contribution in [0.15, 0.2) is 0 Å². The number of H-pyrrole nitrogens is 1. The second-order valence-corrected chi connectivity index (χ2v) is 2.69. The molecule has 0 aliphatic carbocycles. The van der Waals surface area contributed by atoms with Crippen molar-refractivity contribution in [2.75, 3.05) is 5.73 Å². The van der Waals surface area contributed by atoms with Crippen LogP contribution in [0.5, 0.6) is 0 Å². The van der Waals surface area contributed by atoms with Gasteiger partial charge < -0.3 is 5.73 Å². The summed E-state index contributed by atoms with van der Waals surface area (Å²) in [7, 11) is 0. The van der Waals surface area contributed by atoms with E-state index in [1.807, 2.05) is 0 Å². The number of halogens is 2. The molecule has 2 rings (SSSR count). The normalized spacial score (nSPS) is 11.0. The van der Waals surface area contributed by atoms with E-state index in [4.69, 9.17) is 5.73 Å². The molecule has 0 unspecified atom stereocenters. The summed E-state index contributed by atoms with van der Waals surface area (Å²) in [5.74, 6) is -0.00374. The Kier molecular flexibility index (Phi) is 1.99. The zero-order valence-corrected chi connectivity index (χ0v) is 7.09. The molecule has 0 amide bonds. The van der Waals surface area contributed by atoms with Gasteiger partial charge >= 0.3 is 0 Å². The van der Waals surface area contributed by atoms with E-state index >= 15 is 0 Å². The average molecular weight is 199 g/mol. The van der Waals surface area contributed by atoms with Gasteiger partial charge in [-0.3, -0.25) is 5.10 Å². The molecule has 0 radical (unpaired) electrons. The van der Waals surface area contributed by atoms with Crippen molar-refractivity contribution in [3.63, 3.8) is 0 Å². The summed E-state index contributed by atoms with van der Waals surface area (Å²) in [5.41, 5.74) is 5.91. The Labute approximate surface area is 77.4 Å². The number of rotatable bonds is 2. The van der Waals surface area contributed by atoms with Gasteiger partial charge in [0.1, 0.15) is 19.2 Å². The van der Waals surface area contributed by atoms with Crippen LogP contribution in [0.3, 0.4) is 0 Å². The molecule has 3 N–H and O–H groups in total. The maximum atomic E-state index is 12.4. The third kappa shape index (κ3) is 1.17. The van der Waals surface area contributed by atoms with E-state index in [2.05, 4.69) is 20.2 Å². The summed E-state index contributed by atoms with van der Waals surface area (Å²) in [6.07, 6.45) is 0. The highest BCUT2D eigenvalue weighted by Crippen LogP contribution is 2.20. The topological polar surface area (TPSA) is 80.5 Å². The number of nitrogens with zero attached hydrogens (tertiary/aromatic N) is 3. The van der Waals surface area contributed by atoms with Crippen molar-refractivity contribution in [3.8, 4) is 0 Å². The molecule has 0 saturated heterocycles. The van der Waals surface area contributed by atoms with Crippen LogP contribution < -0.4 is 5.73 Å². The van der Waals surface area contributed by atoms with Gasteiger partial charge in [0.05, 0.1) is 11.1 Å². The van der Waals surface area contributed by atoms with Crippen LogP contribution in [-0.2, 0) is 13.3 Å². The SMILES string of the molecule is Nc1nc(CF)nc2n[nH]c(CF)c12. The molecule has 7 heteroatoms. The van der Waals surface area contributed by atoms with Gasteiger partial charge in [-0.1, -0.05) is 0 Å². The van der Waals surface area contributed by atoms with Crippen molar-refractivity contribution in [1.82, 2.24) is 20.2 Å². The average Bonchev–Trinajstić information content (AvgIpc) is 2.61. The number of hydrogen-bond acceptors (Lipinski definition) is 4. The van der Waals surface area contributed by atoms with Gasteiger partial charge in [0.15, 0.2) is 11.5 Å². The standard InChI is InChI=1S/C7H7F2N5/c8-1-3-5-6(10)11-4(2-9)12-7(5)14-13-3/h1-2H2,(H3,10,11,12,13,14). The Morgan fingerprint density at radius 2 is 2.00 bits per heavy atom. The molecule has 14 heavy (non-hydrogen) atoms. The van der Waals surface area contributed by atoms with Crippen molar-refractivity contribution in [3.05, 3.63) is 11.5 Å². The monoisotopic (exact) mass is 199 g/mol. The molecule has 5 nitrogen and oxygen atoms in total. The number of anilines is 1. The molecule has 0 spiro atoms. The minimum atomic E-state index is -0.821. The third-order valence-electron chi connectivity index (χ3n) is 1.82. The van der Waals surface area contributed by atoms with Crippen LogP contribution in [0.1, 0.15) is 11.5 Å². The Hall–Kier alpha value is -1.79. The number of nitrogen functional groups attached to an aromatic ring is 1. The molecule has 0 aliphatic rings. The van der Waals surface area contributed by atoms with E-state index in [1.54, 1.807) is 0 Å². The largest absolute Gasteiger partial charge is 0.383 e. The summed E-state index contributed by atoms with van der Waals surface area (Å²) in [4.78, 5) is 7.41. The summed E-state index contributed by atoms with van der Waals surface area (Å²) >= 11 is 0. The van der Waals surface area contributed by atoms with E-state index < -0.39 is 13.3 Å². The molecule has 0 atom stereocenters. The number of aromatic nitrogens is 4. The van der Waals surface area contributed by atoms with Gasteiger partial charge in [-0.2, -0.15) is 5.10 Å². The van der Waals surface area contributed by atoms with E-state index in [1.165, 1.54) is 0 Å². The quantitative estimate of drug-likeness (QED) is 0.752. The summed E-state index contributed by atoms with van der Waals surface area (Å²) in [5, 5.41) is 6.45. The molecule has 2 aromatic heterocycles. The van der Waals surface area contributed by atoms with Crippen LogP contribution in [0, 0.1) is 0 Å². The highest BCUT2D eigenvalue weighted by atomic mass is 19.1. The zero-order chi connectivity index (χ0) is 10.1. The van der Waals surface area contributed by atoms with Crippen molar-refractivity contribution in [2.24, 2.45) is 0 Å². The van der Waals surface area contributed by atoms with Crippen molar-refractivity contribution in [2.45, 2.75) is 13.3 Å². The lowest BCUT2D eigenvalue weighted by Gasteiger charge is -1.98. The van der Waals surface area contributed by atoms with Crippen LogP contribution in [0.4, 0.5) is 14.6 Å². The van der Waals surface area contributed by atoms with Gasteiger partial charge in [0.25, 0.3) is 0 Å². The first-order valence-corrected chi connectivity index (χ1v) is 3.87. The molecule has 2 heterocycles. The maximum Gasteiger partial charge on any atom is 0.186 e. The number of alkyl halides is 2. The molecule has 0 fully saturated rings. The van der Waals surface area contributed by atoms with Crippen molar-refractivity contribution in [1.29, 1.82) is 0 Å². The molecular weight excluding hydrogens is 192 g/mol. The highest BCUT2D eigenvalue weighted by molar-refractivity contribution is 5.87. The van der Waals surface area contributed by atoms with Crippen molar-refractivity contribution < 1.29 is 8.78 Å². The van der Waals surface area contributed by atoms with E-state index in [0.717, 1.165) is 0 Å². The van der Waals surface area contributed by atoms with Crippen LogP contribution in [0.2, 0.25) is 0 Å². The predicted octanol–water partition coefficient (Wildman–Crippen LogP) is 0.874. The second kappa shape index (κ2) is 3.17. The highest BCUT2D eigenvalue weighted by Gasteiger charge is 2.12. The van der Waals surface area contributed by atoms with Crippen LogP contribution in [-0.4, -0.2) is 20.2 Å². The number of nitrogens with one attached hydrogen (secondary N) is 1. The lowest BCUT2D eigenvalue weighted by Crippen LogP contribution is -1.99. The summed E-state index contributed by atoms with van der Waals surface area (Å²) in [6, 6.07) is 0. The molecule has 0 bridgehead atoms. The van der Waals surface area contributed by atoms with E-state index in [0.29, 0.717) is 5.39 Å². The number of fused-ring (bicyclic) bond motifs is 1. The van der Waals surface area contributed by atoms with Gasteiger partial charge in [-0.25, -0.2) is 18.7 Å². The van der Waals surface area contributed by atoms with Gasteiger partial charge in [0.2, 0.25) is 0 Å². The first-order valence-electron chi connectivity index (χ1n) is 3.87. The minimum absolute atomic E-state index is 0.0454. The molecule has 0 aromatic carbocycles. The molecule has 0 saturated carbocycles. The minimum Gasteiger partial charge on any atom is -0.383 e. The first-order chi connectivity index (χ1) is 6.76. The Morgan fingerprint density at radius 1 is 1.21 bits per heavy atom. The lowest BCUT2D eigenvalue weighted by molar-refractivity contribution is 0.467. The van der Waals surface area contributed by atoms with Crippen LogP contribution in [0.25, 0.3) is 11.0 Å². The summed E-state index contributed by atoms with van der Waals surface area (Å²) < 4.78 is 24.6. The zero-order valence-electron chi connectivity index (χ0n) is 7.09. The molecule has 74 valence electrons. The fraction of sp³-hybridized carbons (Fsp3) is 0.286. The Balaban J connectivity index is 2.72. The summed E-state index contributed by atoms with van der Waals surface area (Å²) in [6.45, 7) is -1.56. The molecule has 2 aromatic rings. The van der Waals surface area contributed by atoms with Gasteiger partial charge in [-0.05, 0) is 0 Å². The lowest BCUT2D eigenvalue weighted by atomic mass is 10.3. The number of nitrogens with two attached hydrogens (primary N) is 1. The van der Waals surface area contributed by atoms with E-state index in [-0.39, 0.29) is 23.0 Å². The number of aromatic amines is 1. The van der Waals surface area contributed by atoms with Crippen molar-refractivity contribution >= 4 is 16.9 Å². The fourth-order valence-electron chi connectivity index (χ4n) is 1.22.